The van der Waals surface area contributed by atoms with E-state index in [0.29, 0.717) is 0 Å². The lowest BCUT2D eigenvalue weighted by Gasteiger charge is -2.09. The molecule has 0 aliphatic heterocycles. The molecule has 7 N–H and O–H groups in total. The Morgan fingerprint density at radius 2 is 1.09 bits per heavy atom. The Morgan fingerprint density at radius 1 is 0.591 bits per heavy atom. The summed E-state index contributed by atoms with van der Waals surface area (Å²) in [6.07, 6.45) is 1.08. The molecule has 22 heavy (non-hydrogen) atoms. The fourth-order valence-electron chi connectivity index (χ4n) is 2.07. The number of nitrogens with one attached hydrogen (secondary N) is 3. The second-order valence-corrected chi connectivity index (χ2v) is 5.20. The van der Waals surface area contributed by atoms with E-state index >= 15 is 0 Å². The van der Waals surface area contributed by atoms with Crippen LogP contribution in [-0.4, -0.2) is 26.2 Å². The summed E-state index contributed by atoms with van der Waals surface area (Å²) in [7, 11) is 0. The molecule has 2 aromatic carbocycles. The van der Waals surface area contributed by atoms with E-state index in [2.05, 4.69) is 16.0 Å². The van der Waals surface area contributed by atoms with Crippen molar-refractivity contribution < 1.29 is 0 Å². The largest absolute Gasteiger partial charge is 0.399 e. The molecule has 0 saturated heterocycles. The van der Waals surface area contributed by atoms with E-state index in [1.807, 2.05) is 48.5 Å². The Hall–Kier alpha value is -2.40. The van der Waals surface area contributed by atoms with Crippen molar-refractivity contribution in [3.05, 3.63) is 48.5 Å². The summed E-state index contributed by atoms with van der Waals surface area (Å²) in [6, 6.07) is 15.6. The summed E-state index contributed by atoms with van der Waals surface area (Å²) in [4.78, 5) is 0. The van der Waals surface area contributed by atoms with Crippen molar-refractivity contribution in [3.63, 3.8) is 0 Å². The van der Waals surface area contributed by atoms with Gasteiger partial charge < -0.3 is 27.4 Å². The van der Waals surface area contributed by atoms with E-state index in [1.54, 1.807) is 0 Å². The van der Waals surface area contributed by atoms with Gasteiger partial charge in [0.05, 0.1) is 0 Å². The Bertz CT molecular complexity index is 484. The molecule has 0 radical (unpaired) electrons. The number of rotatable bonds is 9. The van der Waals surface area contributed by atoms with Crippen molar-refractivity contribution in [2.45, 2.75) is 6.42 Å². The van der Waals surface area contributed by atoms with Gasteiger partial charge in [-0.3, -0.25) is 0 Å². The maximum absolute atomic E-state index is 5.65. The van der Waals surface area contributed by atoms with Crippen molar-refractivity contribution in [2.75, 3.05) is 48.3 Å². The SMILES string of the molecule is Nc1ccc(NCCCNCCNc2ccc(N)cc2)cc1. The zero-order valence-corrected chi connectivity index (χ0v) is 12.8. The van der Waals surface area contributed by atoms with Crippen LogP contribution in [0, 0.1) is 0 Å². The third kappa shape index (κ3) is 5.93. The third-order valence-corrected chi connectivity index (χ3v) is 3.31. The summed E-state index contributed by atoms with van der Waals surface area (Å²) in [5, 5.41) is 10.1. The first-order valence-corrected chi connectivity index (χ1v) is 7.63. The van der Waals surface area contributed by atoms with Crippen LogP contribution in [0.1, 0.15) is 6.42 Å². The first-order valence-electron chi connectivity index (χ1n) is 7.63. The van der Waals surface area contributed by atoms with Crippen molar-refractivity contribution in [1.82, 2.24) is 5.32 Å². The van der Waals surface area contributed by atoms with Gasteiger partial charge in [-0.1, -0.05) is 0 Å². The molecule has 118 valence electrons. The Kier molecular flexibility index (Phi) is 6.39. The molecule has 0 saturated carbocycles. The number of benzene rings is 2. The van der Waals surface area contributed by atoms with Crippen molar-refractivity contribution in [1.29, 1.82) is 0 Å². The summed E-state index contributed by atoms with van der Waals surface area (Å²) in [5.74, 6) is 0. The van der Waals surface area contributed by atoms with E-state index in [1.165, 1.54) is 0 Å². The number of nitrogens with two attached hydrogens (primary N) is 2. The summed E-state index contributed by atoms with van der Waals surface area (Å²) in [6.45, 7) is 3.77. The van der Waals surface area contributed by atoms with Crippen LogP contribution in [0.4, 0.5) is 22.7 Å². The second kappa shape index (κ2) is 8.79. The molecule has 0 atom stereocenters. The Labute approximate surface area is 132 Å². The topological polar surface area (TPSA) is 88.1 Å². The first kappa shape index (κ1) is 16.0. The molecular weight excluding hydrogens is 274 g/mol. The molecule has 2 aromatic rings. The molecule has 0 spiro atoms. The lowest BCUT2D eigenvalue weighted by atomic mass is 10.3. The molecule has 0 amide bonds. The van der Waals surface area contributed by atoms with E-state index in [-0.39, 0.29) is 0 Å². The minimum Gasteiger partial charge on any atom is -0.399 e. The van der Waals surface area contributed by atoms with Crippen LogP contribution < -0.4 is 27.4 Å². The molecule has 0 heterocycles. The maximum atomic E-state index is 5.65. The average Bonchev–Trinajstić information content (AvgIpc) is 2.53. The maximum Gasteiger partial charge on any atom is 0.0342 e. The quantitative estimate of drug-likeness (QED) is 0.362. The van der Waals surface area contributed by atoms with Crippen LogP contribution in [-0.2, 0) is 0 Å². The number of nitrogen functional groups attached to an aromatic ring is 2. The van der Waals surface area contributed by atoms with Crippen molar-refractivity contribution in [3.8, 4) is 0 Å². The first-order chi connectivity index (χ1) is 10.7. The van der Waals surface area contributed by atoms with E-state index < -0.39 is 0 Å². The van der Waals surface area contributed by atoms with Crippen LogP contribution in [0.15, 0.2) is 48.5 Å². The van der Waals surface area contributed by atoms with Gasteiger partial charge in [-0.25, -0.2) is 0 Å². The minimum absolute atomic E-state index is 0.789. The average molecular weight is 299 g/mol. The zero-order chi connectivity index (χ0) is 15.6. The zero-order valence-electron chi connectivity index (χ0n) is 12.8. The number of hydrogen-bond acceptors (Lipinski definition) is 5. The van der Waals surface area contributed by atoms with Crippen molar-refractivity contribution >= 4 is 22.7 Å². The highest BCUT2D eigenvalue weighted by Crippen LogP contribution is 2.10. The van der Waals surface area contributed by atoms with E-state index in [0.717, 1.165) is 55.3 Å². The summed E-state index contributed by atoms with van der Waals surface area (Å²) in [5.41, 5.74) is 15.1. The molecule has 5 nitrogen and oxygen atoms in total. The van der Waals surface area contributed by atoms with E-state index in [4.69, 9.17) is 11.5 Å². The van der Waals surface area contributed by atoms with Gasteiger partial charge in [-0.2, -0.15) is 0 Å². The Balaban J connectivity index is 1.47. The fraction of sp³-hybridized carbons (Fsp3) is 0.294. The fourth-order valence-corrected chi connectivity index (χ4v) is 2.07. The highest BCUT2D eigenvalue weighted by Gasteiger charge is 1.93. The molecule has 0 aliphatic carbocycles. The molecule has 0 aliphatic rings. The molecule has 5 heteroatoms. The summed E-state index contributed by atoms with van der Waals surface area (Å²) >= 11 is 0. The molecule has 0 fully saturated rings. The number of hydrogen-bond donors (Lipinski definition) is 5. The van der Waals surface area contributed by atoms with Gasteiger partial charge in [0.1, 0.15) is 0 Å². The number of anilines is 4. The minimum atomic E-state index is 0.789. The van der Waals surface area contributed by atoms with Gasteiger partial charge >= 0.3 is 0 Å². The van der Waals surface area contributed by atoms with Gasteiger partial charge in [0.15, 0.2) is 0 Å². The van der Waals surface area contributed by atoms with Crippen LogP contribution in [0.3, 0.4) is 0 Å². The molecule has 0 bridgehead atoms. The van der Waals surface area contributed by atoms with Crippen LogP contribution in [0.5, 0.6) is 0 Å². The van der Waals surface area contributed by atoms with E-state index in [9.17, 15) is 0 Å². The molecular formula is C17H25N5. The molecule has 0 aromatic heterocycles. The second-order valence-electron chi connectivity index (χ2n) is 5.20. The third-order valence-electron chi connectivity index (χ3n) is 3.31. The lowest BCUT2D eigenvalue weighted by molar-refractivity contribution is 0.675. The van der Waals surface area contributed by atoms with Crippen molar-refractivity contribution in [2.24, 2.45) is 0 Å². The summed E-state index contributed by atoms with van der Waals surface area (Å²) < 4.78 is 0. The lowest BCUT2D eigenvalue weighted by Crippen LogP contribution is -2.24. The van der Waals surface area contributed by atoms with Gasteiger partial charge in [-0.15, -0.1) is 0 Å². The standard InChI is InChI=1S/C17H25N5/c18-14-2-6-16(7-3-14)21-11-1-10-20-12-13-22-17-8-4-15(19)5-9-17/h2-9,20-22H,1,10-13,18-19H2. The predicted molar refractivity (Wildman–Crippen MR) is 96.2 cm³/mol. The molecule has 2 rings (SSSR count). The van der Waals surface area contributed by atoms with Gasteiger partial charge in [0.2, 0.25) is 0 Å². The van der Waals surface area contributed by atoms with Gasteiger partial charge in [-0.05, 0) is 61.5 Å². The molecule has 0 unspecified atom stereocenters. The monoisotopic (exact) mass is 299 g/mol. The predicted octanol–water partition coefficient (Wildman–Crippen LogP) is 2.35. The normalized spacial score (nSPS) is 10.4. The van der Waals surface area contributed by atoms with Gasteiger partial charge in [0, 0.05) is 42.4 Å². The smallest absolute Gasteiger partial charge is 0.0342 e. The highest BCUT2D eigenvalue weighted by atomic mass is 14.9. The van der Waals surface area contributed by atoms with Crippen LogP contribution >= 0.6 is 0 Å². The highest BCUT2D eigenvalue weighted by molar-refractivity contribution is 5.51. The van der Waals surface area contributed by atoms with Gasteiger partial charge in [0.25, 0.3) is 0 Å². The van der Waals surface area contributed by atoms with Crippen LogP contribution in [0.25, 0.3) is 0 Å². The Morgan fingerprint density at radius 3 is 1.64 bits per heavy atom. The van der Waals surface area contributed by atoms with Crippen LogP contribution in [0.2, 0.25) is 0 Å².